The Bertz CT molecular complexity index is 452. The topological polar surface area (TPSA) is 20.2 Å². The third-order valence-corrected chi connectivity index (χ3v) is 3.61. The number of hydrogen-bond acceptors (Lipinski definition) is 1. The molecule has 6 heteroatoms. The van der Waals surface area contributed by atoms with Crippen LogP contribution in [0.1, 0.15) is 30.4 Å². The second kappa shape index (κ2) is 3.95. The molecule has 0 atom stereocenters. The molecule has 94 valence electrons. The molecule has 1 aromatic carbocycles. The van der Waals surface area contributed by atoms with Crippen LogP contribution >= 0.6 is 15.9 Å². The van der Waals surface area contributed by atoms with Crippen LogP contribution in [-0.4, -0.2) is 5.11 Å². The maximum atomic E-state index is 13.7. The van der Waals surface area contributed by atoms with E-state index in [0.717, 1.165) is 0 Å². The van der Waals surface area contributed by atoms with Crippen molar-refractivity contribution < 1.29 is 22.7 Å². The van der Waals surface area contributed by atoms with Crippen LogP contribution in [0.3, 0.4) is 0 Å². The molecule has 0 bridgehead atoms. The molecule has 1 aliphatic carbocycles. The van der Waals surface area contributed by atoms with Crippen molar-refractivity contribution in [1.82, 2.24) is 0 Å². The molecule has 0 amide bonds. The Hall–Kier alpha value is -0.620. The maximum Gasteiger partial charge on any atom is 0.416 e. The minimum absolute atomic E-state index is 0.273. The Morgan fingerprint density at radius 1 is 1.24 bits per heavy atom. The van der Waals surface area contributed by atoms with Gasteiger partial charge in [0.05, 0.1) is 15.6 Å². The van der Waals surface area contributed by atoms with Gasteiger partial charge in [-0.2, -0.15) is 13.2 Å². The Kier molecular flexibility index (Phi) is 2.98. The molecule has 1 aliphatic rings. The van der Waals surface area contributed by atoms with Crippen LogP contribution in [-0.2, 0) is 11.8 Å². The summed E-state index contributed by atoms with van der Waals surface area (Å²) in [5.74, 6) is -0.819. The van der Waals surface area contributed by atoms with E-state index in [2.05, 4.69) is 15.9 Å². The fourth-order valence-corrected chi connectivity index (χ4v) is 2.33. The van der Waals surface area contributed by atoms with Crippen molar-refractivity contribution in [2.24, 2.45) is 0 Å². The number of aliphatic hydroxyl groups is 1. The second-order valence-electron chi connectivity index (χ2n) is 4.20. The Morgan fingerprint density at radius 3 is 2.24 bits per heavy atom. The molecule has 1 fully saturated rings. The second-order valence-corrected chi connectivity index (χ2v) is 5.06. The predicted molar refractivity (Wildman–Crippen MR) is 56.8 cm³/mol. The third-order valence-electron chi connectivity index (χ3n) is 3.04. The molecule has 1 aromatic rings. The quantitative estimate of drug-likeness (QED) is 0.778. The number of hydrogen-bond donors (Lipinski definition) is 1. The first-order chi connectivity index (χ1) is 7.74. The Morgan fingerprint density at radius 2 is 1.82 bits per heavy atom. The summed E-state index contributed by atoms with van der Waals surface area (Å²) in [4.78, 5) is 0. The van der Waals surface area contributed by atoms with E-state index in [1.807, 2.05) is 0 Å². The lowest BCUT2D eigenvalue weighted by Gasteiger charge is -2.37. The van der Waals surface area contributed by atoms with Crippen molar-refractivity contribution in [2.75, 3.05) is 0 Å². The average Bonchev–Trinajstić information content (AvgIpc) is 2.17. The predicted octanol–water partition coefficient (Wildman–Crippen LogP) is 3.98. The molecule has 0 aliphatic heterocycles. The number of alkyl halides is 3. The molecule has 0 radical (unpaired) electrons. The summed E-state index contributed by atoms with van der Waals surface area (Å²) < 4.78 is 51.1. The van der Waals surface area contributed by atoms with Gasteiger partial charge in [-0.3, -0.25) is 0 Å². The highest BCUT2D eigenvalue weighted by Gasteiger charge is 2.41. The van der Waals surface area contributed by atoms with Crippen molar-refractivity contribution >= 4 is 15.9 Å². The largest absolute Gasteiger partial charge is 0.416 e. The van der Waals surface area contributed by atoms with Crippen molar-refractivity contribution in [2.45, 2.75) is 31.0 Å². The van der Waals surface area contributed by atoms with Crippen molar-refractivity contribution in [3.8, 4) is 0 Å². The summed E-state index contributed by atoms with van der Waals surface area (Å²) in [6.45, 7) is 0. The van der Waals surface area contributed by atoms with Crippen LogP contribution in [0.5, 0.6) is 0 Å². The zero-order valence-corrected chi connectivity index (χ0v) is 10.2. The molecule has 0 saturated heterocycles. The van der Waals surface area contributed by atoms with Crippen molar-refractivity contribution in [1.29, 1.82) is 0 Å². The first kappa shape index (κ1) is 12.8. The molecule has 0 aromatic heterocycles. The fourth-order valence-electron chi connectivity index (χ4n) is 1.87. The third kappa shape index (κ3) is 2.20. The van der Waals surface area contributed by atoms with Gasteiger partial charge >= 0.3 is 6.18 Å². The van der Waals surface area contributed by atoms with E-state index in [0.29, 0.717) is 18.6 Å². The van der Waals surface area contributed by atoms with E-state index >= 15 is 0 Å². The molecule has 1 saturated carbocycles. The van der Waals surface area contributed by atoms with Gasteiger partial charge in [0.25, 0.3) is 0 Å². The highest BCUT2D eigenvalue weighted by molar-refractivity contribution is 9.10. The summed E-state index contributed by atoms with van der Waals surface area (Å²) >= 11 is 2.75. The number of rotatable bonds is 1. The molecule has 2 rings (SSSR count). The number of halogens is 5. The van der Waals surface area contributed by atoms with Gasteiger partial charge in [0.2, 0.25) is 0 Å². The minimum Gasteiger partial charge on any atom is -0.385 e. The van der Waals surface area contributed by atoms with E-state index in [1.54, 1.807) is 0 Å². The van der Waals surface area contributed by atoms with E-state index in [1.165, 1.54) is 0 Å². The van der Waals surface area contributed by atoms with Crippen LogP contribution in [0.25, 0.3) is 0 Å². The monoisotopic (exact) mass is 312 g/mol. The molecule has 0 heterocycles. The van der Waals surface area contributed by atoms with Gasteiger partial charge in [0, 0.05) is 5.56 Å². The van der Waals surface area contributed by atoms with Gasteiger partial charge in [0.15, 0.2) is 0 Å². The van der Waals surface area contributed by atoms with Gasteiger partial charge in [-0.05, 0) is 47.3 Å². The van der Waals surface area contributed by atoms with Crippen LogP contribution in [0.4, 0.5) is 17.6 Å². The average molecular weight is 313 g/mol. The summed E-state index contributed by atoms with van der Waals surface area (Å²) in [7, 11) is 0. The zero-order chi connectivity index (χ0) is 12.8. The van der Waals surface area contributed by atoms with Crippen molar-refractivity contribution in [3.63, 3.8) is 0 Å². The van der Waals surface area contributed by atoms with Crippen molar-refractivity contribution in [3.05, 3.63) is 33.5 Å². The minimum atomic E-state index is -4.55. The van der Waals surface area contributed by atoms with Gasteiger partial charge < -0.3 is 5.11 Å². The highest BCUT2D eigenvalue weighted by Crippen LogP contribution is 2.45. The van der Waals surface area contributed by atoms with Crippen LogP contribution in [0, 0.1) is 5.82 Å². The molecule has 1 N–H and O–H groups in total. The molecular weight excluding hydrogens is 304 g/mol. The van der Waals surface area contributed by atoms with E-state index in [4.69, 9.17) is 0 Å². The SMILES string of the molecule is OC1(c2cc(C(F)(F)F)cc(Br)c2F)CCC1. The van der Waals surface area contributed by atoms with E-state index < -0.39 is 23.2 Å². The van der Waals surface area contributed by atoms with E-state index in [-0.39, 0.29) is 22.9 Å². The van der Waals surface area contributed by atoms with Crippen LogP contribution in [0.15, 0.2) is 16.6 Å². The fraction of sp³-hybridized carbons (Fsp3) is 0.455. The zero-order valence-electron chi connectivity index (χ0n) is 8.61. The lowest BCUT2D eigenvalue weighted by atomic mass is 9.74. The van der Waals surface area contributed by atoms with Gasteiger partial charge in [-0.15, -0.1) is 0 Å². The maximum absolute atomic E-state index is 13.7. The molecule has 0 spiro atoms. The van der Waals surface area contributed by atoms with Crippen LogP contribution in [0.2, 0.25) is 0 Å². The highest BCUT2D eigenvalue weighted by atomic mass is 79.9. The molecule has 1 nitrogen and oxygen atoms in total. The van der Waals surface area contributed by atoms with Gasteiger partial charge in [0.1, 0.15) is 5.82 Å². The first-order valence-electron chi connectivity index (χ1n) is 5.03. The summed E-state index contributed by atoms with van der Waals surface area (Å²) in [6, 6.07) is 1.38. The molecule has 0 unspecified atom stereocenters. The lowest BCUT2D eigenvalue weighted by Crippen LogP contribution is -2.35. The Balaban J connectivity index is 2.55. The van der Waals surface area contributed by atoms with E-state index in [9.17, 15) is 22.7 Å². The lowest BCUT2D eigenvalue weighted by molar-refractivity contribution is -0.138. The Labute approximate surface area is 104 Å². The normalized spacial score (nSPS) is 18.9. The summed E-state index contributed by atoms with van der Waals surface area (Å²) in [5, 5.41) is 9.95. The molecular formula is C11H9BrF4O. The first-order valence-corrected chi connectivity index (χ1v) is 5.82. The molecule has 17 heavy (non-hydrogen) atoms. The number of benzene rings is 1. The smallest absolute Gasteiger partial charge is 0.385 e. The summed E-state index contributed by atoms with van der Waals surface area (Å²) in [6.07, 6.45) is -3.29. The van der Waals surface area contributed by atoms with Crippen LogP contribution < -0.4 is 0 Å². The van der Waals surface area contributed by atoms with Gasteiger partial charge in [-0.1, -0.05) is 0 Å². The van der Waals surface area contributed by atoms with Gasteiger partial charge in [-0.25, -0.2) is 4.39 Å². The standard InChI is InChI=1S/C11H9BrF4O/c12-8-5-6(11(14,15)16)4-7(9(8)13)10(17)2-1-3-10/h4-5,17H,1-3H2. The summed E-state index contributed by atoms with van der Waals surface area (Å²) in [5.41, 5.74) is -2.68.